The molecule has 2 aliphatic rings. The average molecular weight is 298 g/mol. The van der Waals surface area contributed by atoms with E-state index in [-0.39, 0.29) is 29.3 Å². The second-order valence-corrected chi connectivity index (χ2v) is 8.47. The molecule has 2 aliphatic heterocycles. The number of nitrogens with one attached hydrogen (secondary N) is 1. The van der Waals surface area contributed by atoms with Gasteiger partial charge in [-0.25, -0.2) is 8.42 Å². The summed E-state index contributed by atoms with van der Waals surface area (Å²) in [6.07, 6.45) is 3.18. The van der Waals surface area contributed by atoms with Crippen molar-refractivity contribution >= 4 is 22.2 Å². The molecule has 0 aliphatic carbocycles. The van der Waals surface area contributed by atoms with Gasteiger partial charge in [0.1, 0.15) is 6.23 Å². The molecule has 4 nitrogen and oxygen atoms in total. The van der Waals surface area contributed by atoms with E-state index in [2.05, 4.69) is 19.2 Å². The van der Waals surface area contributed by atoms with Gasteiger partial charge >= 0.3 is 0 Å². The Balaban J connectivity index is 0.00000162. The van der Waals surface area contributed by atoms with Crippen LogP contribution >= 0.6 is 12.4 Å². The van der Waals surface area contributed by atoms with Gasteiger partial charge in [-0.2, -0.15) is 0 Å². The highest BCUT2D eigenvalue weighted by atomic mass is 35.5. The zero-order valence-electron chi connectivity index (χ0n) is 11.1. The first-order chi connectivity index (χ1) is 7.89. The van der Waals surface area contributed by atoms with Gasteiger partial charge in [0, 0.05) is 18.4 Å². The van der Waals surface area contributed by atoms with Crippen molar-refractivity contribution in [2.45, 2.75) is 51.0 Å². The molecule has 2 saturated heterocycles. The summed E-state index contributed by atoms with van der Waals surface area (Å²) >= 11 is 0. The molecule has 0 aromatic carbocycles. The van der Waals surface area contributed by atoms with Crippen LogP contribution in [0.25, 0.3) is 0 Å². The molecule has 2 atom stereocenters. The third-order valence-corrected chi connectivity index (χ3v) is 5.97. The van der Waals surface area contributed by atoms with Crippen LogP contribution in [0, 0.1) is 5.41 Å². The van der Waals surface area contributed by atoms with E-state index in [4.69, 9.17) is 4.74 Å². The van der Waals surface area contributed by atoms with Gasteiger partial charge in [-0.05, 0) is 12.8 Å². The van der Waals surface area contributed by atoms with Crippen molar-refractivity contribution in [1.29, 1.82) is 0 Å². The molecule has 6 heteroatoms. The second kappa shape index (κ2) is 6.07. The molecule has 0 amide bonds. The predicted molar refractivity (Wildman–Crippen MR) is 74.8 cm³/mol. The van der Waals surface area contributed by atoms with Gasteiger partial charge in [-0.3, -0.25) is 5.32 Å². The Kier molecular flexibility index (Phi) is 5.47. The van der Waals surface area contributed by atoms with Crippen LogP contribution in [-0.2, 0) is 14.6 Å². The first-order valence-corrected chi connectivity index (χ1v) is 8.17. The van der Waals surface area contributed by atoms with Gasteiger partial charge in [-0.1, -0.05) is 20.3 Å². The van der Waals surface area contributed by atoms with Crippen LogP contribution in [0.15, 0.2) is 0 Å². The molecule has 0 saturated carbocycles. The Morgan fingerprint density at radius 3 is 2.61 bits per heavy atom. The quantitative estimate of drug-likeness (QED) is 0.843. The summed E-state index contributed by atoms with van der Waals surface area (Å²) in [5.41, 5.74) is 0.155. The lowest BCUT2D eigenvalue weighted by Crippen LogP contribution is -2.49. The molecule has 0 aromatic heterocycles. The normalized spacial score (nSPS) is 34.6. The Hall–Kier alpha value is 0.160. The fraction of sp³-hybridized carbons (Fsp3) is 1.00. The summed E-state index contributed by atoms with van der Waals surface area (Å²) in [5, 5.41) is 3.11. The average Bonchev–Trinajstić information content (AvgIpc) is 2.24. The Labute approximate surface area is 116 Å². The third kappa shape index (κ3) is 4.08. The number of halogens is 1. The SMILES string of the molecule is CC1(C)CNC(CC2CCCCS2(=O)=O)OC1.Cl. The predicted octanol–water partition coefficient (Wildman–Crippen LogP) is 1.74. The summed E-state index contributed by atoms with van der Waals surface area (Å²) in [6, 6.07) is 0. The Morgan fingerprint density at radius 1 is 1.33 bits per heavy atom. The standard InChI is InChI=1S/C12H23NO3S.ClH/c1-12(2)8-13-11(16-9-12)7-10-5-3-4-6-17(10,14)15;/h10-11,13H,3-9H2,1-2H3;1H. The van der Waals surface area contributed by atoms with Crippen LogP contribution in [0.2, 0.25) is 0 Å². The van der Waals surface area contributed by atoms with E-state index in [9.17, 15) is 8.42 Å². The molecule has 1 N–H and O–H groups in total. The molecule has 0 bridgehead atoms. The molecule has 0 spiro atoms. The maximum atomic E-state index is 11.9. The van der Waals surface area contributed by atoms with Crippen molar-refractivity contribution in [3.63, 3.8) is 0 Å². The van der Waals surface area contributed by atoms with Crippen LogP contribution in [0.3, 0.4) is 0 Å². The van der Waals surface area contributed by atoms with E-state index in [1.54, 1.807) is 0 Å². The molecule has 2 fully saturated rings. The van der Waals surface area contributed by atoms with Gasteiger partial charge in [0.25, 0.3) is 0 Å². The largest absolute Gasteiger partial charge is 0.363 e. The number of ether oxygens (including phenoxy) is 1. The summed E-state index contributed by atoms with van der Waals surface area (Å²) in [6.45, 7) is 5.89. The number of hydrogen-bond acceptors (Lipinski definition) is 4. The van der Waals surface area contributed by atoms with Crippen LogP contribution < -0.4 is 5.32 Å². The van der Waals surface area contributed by atoms with Crippen LogP contribution in [0.5, 0.6) is 0 Å². The number of rotatable bonds is 2. The van der Waals surface area contributed by atoms with E-state index in [1.165, 1.54) is 0 Å². The van der Waals surface area contributed by atoms with E-state index in [0.29, 0.717) is 18.8 Å². The van der Waals surface area contributed by atoms with E-state index < -0.39 is 9.84 Å². The van der Waals surface area contributed by atoms with Crippen molar-refractivity contribution in [3.8, 4) is 0 Å². The van der Waals surface area contributed by atoms with Gasteiger partial charge in [-0.15, -0.1) is 12.4 Å². The molecule has 2 unspecified atom stereocenters. The summed E-state index contributed by atoms with van der Waals surface area (Å²) in [4.78, 5) is 0. The Morgan fingerprint density at radius 2 is 2.06 bits per heavy atom. The van der Waals surface area contributed by atoms with E-state index >= 15 is 0 Å². The lowest BCUT2D eigenvalue weighted by atomic mass is 9.93. The lowest BCUT2D eigenvalue weighted by Gasteiger charge is -2.37. The van der Waals surface area contributed by atoms with Crippen LogP contribution in [-0.4, -0.2) is 38.8 Å². The topological polar surface area (TPSA) is 55.4 Å². The van der Waals surface area contributed by atoms with Crippen molar-refractivity contribution < 1.29 is 13.2 Å². The van der Waals surface area contributed by atoms with Crippen molar-refractivity contribution in [2.75, 3.05) is 18.9 Å². The summed E-state index contributed by atoms with van der Waals surface area (Å²) < 4.78 is 29.5. The monoisotopic (exact) mass is 297 g/mol. The zero-order valence-corrected chi connectivity index (χ0v) is 12.8. The first-order valence-electron chi connectivity index (χ1n) is 6.46. The third-order valence-electron chi connectivity index (χ3n) is 3.67. The number of hydrogen-bond donors (Lipinski definition) is 1. The van der Waals surface area contributed by atoms with Gasteiger partial charge in [0.15, 0.2) is 9.84 Å². The molecule has 2 heterocycles. The lowest BCUT2D eigenvalue weighted by molar-refractivity contribution is -0.0612. The highest BCUT2D eigenvalue weighted by Crippen LogP contribution is 2.26. The Bertz CT molecular complexity index is 360. The first kappa shape index (κ1) is 16.2. The van der Waals surface area contributed by atoms with Crippen LogP contribution in [0.4, 0.5) is 0 Å². The van der Waals surface area contributed by atoms with E-state index in [0.717, 1.165) is 25.8 Å². The van der Waals surface area contributed by atoms with Crippen molar-refractivity contribution in [3.05, 3.63) is 0 Å². The minimum atomic E-state index is -2.87. The highest BCUT2D eigenvalue weighted by molar-refractivity contribution is 7.92. The highest BCUT2D eigenvalue weighted by Gasteiger charge is 2.34. The maximum Gasteiger partial charge on any atom is 0.153 e. The maximum absolute atomic E-state index is 11.9. The smallest absolute Gasteiger partial charge is 0.153 e. The second-order valence-electron chi connectivity index (χ2n) is 6.07. The molecule has 2 rings (SSSR count). The van der Waals surface area contributed by atoms with Crippen LogP contribution in [0.1, 0.15) is 39.5 Å². The minimum Gasteiger partial charge on any atom is -0.363 e. The fourth-order valence-corrected chi connectivity index (χ4v) is 4.44. The summed E-state index contributed by atoms with van der Waals surface area (Å²) in [5.74, 6) is 0.357. The molecule has 0 radical (unpaired) electrons. The molecule has 0 aromatic rings. The molecule has 18 heavy (non-hydrogen) atoms. The van der Waals surface area contributed by atoms with Crippen molar-refractivity contribution in [1.82, 2.24) is 5.32 Å². The fourth-order valence-electron chi connectivity index (χ4n) is 2.50. The van der Waals surface area contributed by atoms with Gasteiger partial charge in [0.2, 0.25) is 0 Å². The molecular formula is C12H24ClNO3S. The molecule has 108 valence electrons. The zero-order chi connectivity index (χ0) is 12.5. The van der Waals surface area contributed by atoms with Crippen molar-refractivity contribution in [2.24, 2.45) is 5.41 Å². The molecular weight excluding hydrogens is 274 g/mol. The minimum absolute atomic E-state index is 0. The van der Waals surface area contributed by atoms with Gasteiger partial charge < -0.3 is 4.74 Å². The van der Waals surface area contributed by atoms with Gasteiger partial charge in [0.05, 0.1) is 17.6 Å². The number of sulfone groups is 1. The summed E-state index contributed by atoms with van der Waals surface area (Å²) in [7, 11) is -2.87. The van der Waals surface area contributed by atoms with E-state index in [1.807, 2.05) is 0 Å².